The Morgan fingerprint density at radius 2 is 2.25 bits per heavy atom. The van der Waals surface area contributed by atoms with Crippen LogP contribution >= 0.6 is 0 Å². The van der Waals surface area contributed by atoms with Crippen LogP contribution in [0.2, 0.25) is 0 Å². The SMILES string of the molecule is CC1[C@@H](O)[C@@H](CO)O[C@H](n2ccc(N)nc2=O)C[C@@H]1O. The predicted molar refractivity (Wildman–Crippen MR) is 69.7 cm³/mol. The summed E-state index contributed by atoms with van der Waals surface area (Å²) in [5.74, 6) is -0.387. The average molecular weight is 285 g/mol. The molecule has 1 aromatic heterocycles. The van der Waals surface area contributed by atoms with E-state index in [4.69, 9.17) is 10.5 Å². The topological polar surface area (TPSA) is 131 Å². The lowest BCUT2D eigenvalue weighted by Gasteiger charge is -2.25. The van der Waals surface area contributed by atoms with E-state index in [9.17, 15) is 20.1 Å². The van der Waals surface area contributed by atoms with Gasteiger partial charge in [-0.15, -0.1) is 0 Å². The number of aliphatic hydroxyl groups is 3. The number of ether oxygens (including phenoxy) is 1. The van der Waals surface area contributed by atoms with Crippen LogP contribution in [-0.2, 0) is 4.74 Å². The van der Waals surface area contributed by atoms with Crippen molar-refractivity contribution in [2.75, 3.05) is 12.3 Å². The van der Waals surface area contributed by atoms with Crippen LogP contribution in [0.1, 0.15) is 19.6 Å². The normalized spacial score (nSPS) is 34.7. The molecule has 5 N–H and O–H groups in total. The first-order chi connectivity index (χ1) is 9.43. The quantitative estimate of drug-likeness (QED) is 0.518. The maximum absolute atomic E-state index is 11.8. The molecule has 0 aromatic carbocycles. The lowest BCUT2D eigenvalue weighted by molar-refractivity contribution is -0.119. The third-order valence-electron chi connectivity index (χ3n) is 3.64. The Morgan fingerprint density at radius 3 is 2.85 bits per heavy atom. The van der Waals surface area contributed by atoms with Crippen molar-refractivity contribution in [3.8, 4) is 0 Å². The van der Waals surface area contributed by atoms with Gasteiger partial charge in [-0.05, 0) is 6.07 Å². The van der Waals surface area contributed by atoms with E-state index in [-0.39, 0.29) is 12.2 Å². The van der Waals surface area contributed by atoms with Gasteiger partial charge in [-0.2, -0.15) is 4.98 Å². The van der Waals surface area contributed by atoms with Gasteiger partial charge >= 0.3 is 5.69 Å². The minimum atomic E-state index is -1.02. The highest BCUT2D eigenvalue weighted by molar-refractivity contribution is 5.23. The molecular formula is C12H19N3O5. The molecule has 0 saturated carbocycles. The maximum atomic E-state index is 11.8. The molecule has 0 radical (unpaired) electrons. The van der Waals surface area contributed by atoms with Crippen LogP contribution in [0.25, 0.3) is 0 Å². The number of aromatic nitrogens is 2. The van der Waals surface area contributed by atoms with Crippen molar-refractivity contribution in [1.29, 1.82) is 0 Å². The van der Waals surface area contributed by atoms with Crippen LogP contribution in [0.4, 0.5) is 5.82 Å². The monoisotopic (exact) mass is 285 g/mol. The van der Waals surface area contributed by atoms with Crippen molar-refractivity contribution in [2.45, 2.75) is 37.9 Å². The van der Waals surface area contributed by atoms with Crippen molar-refractivity contribution >= 4 is 5.82 Å². The molecule has 1 unspecified atom stereocenters. The van der Waals surface area contributed by atoms with Crippen LogP contribution in [-0.4, -0.2) is 49.8 Å². The fourth-order valence-corrected chi connectivity index (χ4v) is 2.30. The Balaban J connectivity index is 2.33. The molecule has 0 aliphatic carbocycles. The summed E-state index contributed by atoms with van der Waals surface area (Å²) in [6.07, 6.45) is -2.05. The van der Waals surface area contributed by atoms with Gasteiger partial charge in [0.2, 0.25) is 0 Å². The molecule has 1 aromatic rings. The lowest BCUT2D eigenvalue weighted by atomic mass is 9.93. The predicted octanol–water partition coefficient (Wildman–Crippen LogP) is -1.54. The third kappa shape index (κ3) is 2.83. The summed E-state index contributed by atoms with van der Waals surface area (Å²) in [5, 5.41) is 29.3. The Morgan fingerprint density at radius 1 is 1.55 bits per heavy atom. The number of nitrogens with two attached hydrogens (primary N) is 1. The largest absolute Gasteiger partial charge is 0.394 e. The fourth-order valence-electron chi connectivity index (χ4n) is 2.30. The van der Waals surface area contributed by atoms with E-state index in [2.05, 4.69) is 4.98 Å². The van der Waals surface area contributed by atoms with E-state index in [0.717, 1.165) is 0 Å². The van der Waals surface area contributed by atoms with Crippen molar-refractivity contribution in [3.63, 3.8) is 0 Å². The van der Waals surface area contributed by atoms with E-state index in [1.165, 1.54) is 16.8 Å². The highest BCUT2D eigenvalue weighted by atomic mass is 16.5. The Labute approximate surface area is 115 Å². The summed E-state index contributed by atoms with van der Waals surface area (Å²) >= 11 is 0. The number of hydrogen-bond donors (Lipinski definition) is 4. The van der Waals surface area contributed by atoms with Crippen LogP contribution in [0.15, 0.2) is 17.1 Å². The van der Waals surface area contributed by atoms with Crippen LogP contribution in [0, 0.1) is 5.92 Å². The number of anilines is 1. The molecule has 1 aliphatic rings. The summed E-state index contributed by atoms with van der Waals surface area (Å²) < 4.78 is 6.73. The Hall–Kier alpha value is -1.48. The molecule has 5 atom stereocenters. The lowest BCUT2D eigenvalue weighted by Crippen LogP contribution is -2.39. The highest BCUT2D eigenvalue weighted by Gasteiger charge is 2.37. The Bertz CT molecular complexity index is 520. The molecule has 1 saturated heterocycles. The minimum Gasteiger partial charge on any atom is -0.394 e. The van der Waals surface area contributed by atoms with Crippen LogP contribution in [0.5, 0.6) is 0 Å². The zero-order valence-electron chi connectivity index (χ0n) is 11.1. The van der Waals surface area contributed by atoms with E-state index >= 15 is 0 Å². The highest BCUT2D eigenvalue weighted by Crippen LogP contribution is 2.29. The van der Waals surface area contributed by atoms with Gasteiger partial charge in [0, 0.05) is 18.5 Å². The first-order valence-electron chi connectivity index (χ1n) is 6.41. The summed E-state index contributed by atoms with van der Waals surface area (Å²) in [5.41, 5.74) is 4.81. The van der Waals surface area contributed by atoms with Gasteiger partial charge in [-0.25, -0.2) is 4.79 Å². The van der Waals surface area contributed by atoms with Crippen molar-refractivity contribution in [2.24, 2.45) is 5.92 Å². The van der Waals surface area contributed by atoms with Crippen LogP contribution in [0.3, 0.4) is 0 Å². The zero-order valence-corrected chi connectivity index (χ0v) is 11.1. The van der Waals surface area contributed by atoms with Gasteiger partial charge in [0.05, 0.1) is 18.8 Å². The van der Waals surface area contributed by atoms with Gasteiger partial charge in [0.1, 0.15) is 18.1 Å². The van der Waals surface area contributed by atoms with E-state index in [0.29, 0.717) is 0 Å². The molecule has 0 spiro atoms. The van der Waals surface area contributed by atoms with Gasteiger partial charge in [0.15, 0.2) is 0 Å². The maximum Gasteiger partial charge on any atom is 0.351 e. The second kappa shape index (κ2) is 5.88. The minimum absolute atomic E-state index is 0.0903. The summed E-state index contributed by atoms with van der Waals surface area (Å²) in [6.45, 7) is 1.25. The number of aliphatic hydroxyl groups excluding tert-OH is 3. The summed E-state index contributed by atoms with van der Waals surface area (Å²) in [4.78, 5) is 15.4. The number of hydrogen-bond acceptors (Lipinski definition) is 7. The molecule has 0 bridgehead atoms. The van der Waals surface area contributed by atoms with Gasteiger partial charge in [-0.3, -0.25) is 4.57 Å². The van der Waals surface area contributed by atoms with Crippen molar-refractivity contribution in [1.82, 2.24) is 9.55 Å². The number of nitrogens with zero attached hydrogens (tertiary/aromatic N) is 2. The fraction of sp³-hybridized carbons (Fsp3) is 0.667. The second-order valence-corrected chi connectivity index (χ2v) is 5.01. The molecule has 112 valence electrons. The van der Waals surface area contributed by atoms with Gasteiger partial charge in [-0.1, -0.05) is 6.92 Å². The average Bonchev–Trinajstić information content (AvgIpc) is 2.51. The number of nitrogen functional groups attached to an aromatic ring is 1. The smallest absolute Gasteiger partial charge is 0.351 e. The first kappa shape index (κ1) is 14.9. The summed E-state index contributed by atoms with van der Waals surface area (Å²) in [7, 11) is 0. The summed E-state index contributed by atoms with van der Waals surface area (Å²) in [6, 6.07) is 1.44. The van der Waals surface area contributed by atoms with E-state index < -0.39 is 42.8 Å². The standard InChI is InChI=1S/C12H19N3O5/c1-6-7(17)4-10(20-8(5-16)11(6)18)15-3-2-9(13)14-12(15)19/h2-3,6-8,10-11,16-18H,4-5H2,1H3,(H2,13,14,19)/t6?,7-,8+,10-,11+/m0/s1. The van der Waals surface area contributed by atoms with Gasteiger partial charge in [0.25, 0.3) is 0 Å². The van der Waals surface area contributed by atoms with E-state index in [1.54, 1.807) is 6.92 Å². The van der Waals surface area contributed by atoms with Crippen molar-refractivity contribution in [3.05, 3.63) is 22.7 Å². The van der Waals surface area contributed by atoms with Crippen molar-refractivity contribution < 1.29 is 20.1 Å². The van der Waals surface area contributed by atoms with Gasteiger partial charge < -0.3 is 25.8 Å². The first-order valence-corrected chi connectivity index (χ1v) is 6.41. The molecular weight excluding hydrogens is 266 g/mol. The molecule has 1 aliphatic heterocycles. The molecule has 20 heavy (non-hydrogen) atoms. The molecule has 8 nitrogen and oxygen atoms in total. The number of rotatable bonds is 2. The third-order valence-corrected chi connectivity index (χ3v) is 3.64. The molecule has 8 heteroatoms. The molecule has 1 fully saturated rings. The Kier molecular flexibility index (Phi) is 4.39. The molecule has 2 rings (SSSR count). The molecule has 0 amide bonds. The molecule has 2 heterocycles. The second-order valence-electron chi connectivity index (χ2n) is 5.01. The van der Waals surface area contributed by atoms with E-state index in [1.807, 2.05) is 0 Å². The zero-order chi connectivity index (χ0) is 14.9. The van der Waals surface area contributed by atoms with Crippen LogP contribution < -0.4 is 11.4 Å².